The molecule has 90 valence electrons. The Morgan fingerprint density at radius 3 is 3.12 bits per heavy atom. The van der Waals surface area contributed by atoms with Crippen LogP contribution in [0.3, 0.4) is 0 Å². The minimum Gasteiger partial charge on any atom is -0.358 e. The van der Waals surface area contributed by atoms with Crippen LogP contribution in [0.2, 0.25) is 0 Å². The summed E-state index contributed by atoms with van der Waals surface area (Å²) in [6, 6.07) is 6.50. The lowest BCUT2D eigenvalue weighted by Crippen LogP contribution is -2.17. The molecule has 2 aromatic rings. The summed E-state index contributed by atoms with van der Waals surface area (Å²) in [5.74, 6) is 0. The summed E-state index contributed by atoms with van der Waals surface area (Å²) in [6.07, 6.45) is 6.69. The molecule has 1 fully saturated rings. The molecule has 0 N–H and O–H groups in total. The highest BCUT2D eigenvalue weighted by molar-refractivity contribution is 5.76. The zero-order valence-corrected chi connectivity index (χ0v) is 10.2. The molecule has 0 saturated carbocycles. The molecule has 3 heteroatoms. The number of nitrogens with zero attached hydrogens (tertiary/aromatic N) is 2. The first-order valence-electron chi connectivity index (χ1n) is 6.45. The molecule has 17 heavy (non-hydrogen) atoms. The highest BCUT2D eigenvalue weighted by Gasteiger charge is 2.17. The van der Waals surface area contributed by atoms with Gasteiger partial charge in [-0.2, -0.15) is 0 Å². The fourth-order valence-corrected chi connectivity index (χ4v) is 2.46. The van der Waals surface area contributed by atoms with Gasteiger partial charge in [-0.3, -0.25) is 0 Å². The van der Waals surface area contributed by atoms with Gasteiger partial charge < -0.3 is 9.30 Å². The highest BCUT2D eigenvalue weighted by Crippen LogP contribution is 2.26. The van der Waals surface area contributed by atoms with Gasteiger partial charge in [-0.25, -0.2) is 4.98 Å². The maximum absolute atomic E-state index is 5.83. The Bertz CT molecular complexity index is 512. The van der Waals surface area contributed by atoms with Crippen LogP contribution in [-0.4, -0.2) is 16.2 Å². The van der Waals surface area contributed by atoms with Crippen LogP contribution in [0.1, 0.15) is 38.0 Å². The Hall–Kier alpha value is -1.35. The van der Waals surface area contributed by atoms with Gasteiger partial charge in [0.15, 0.2) is 0 Å². The lowest BCUT2D eigenvalue weighted by molar-refractivity contribution is -0.0295. The van der Waals surface area contributed by atoms with Gasteiger partial charge in [-0.05, 0) is 43.4 Å². The zero-order chi connectivity index (χ0) is 11.7. The first-order chi connectivity index (χ1) is 8.38. The molecule has 0 bridgehead atoms. The van der Waals surface area contributed by atoms with E-state index in [0.717, 1.165) is 25.0 Å². The molecule has 0 radical (unpaired) electrons. The number of benzene rings is 1. The highest BCUT2D eigenvalue weighted by atomic mass is 16.5. The van der Waals surface area contributed by atoms with Crippen LogP contribution in [0.15, 0.2) is 24.5 Å². The minimum absolute atomic E-state index is 0.181. The quantitative estimate of drug-likeness (QED) is 0.791. The molecule has 0 aliphatic carbocycles. The van der Waals surface area contributed by atoms with Crippen LogP contribution in [0.5, 0.6) is 0 Å². The second-order valence-corrected chi connectivity index (χ2v) is 4.65. The third-order valence-corrected chi connectivity index (χ3v) is 3.51. The Morgan fingerprint density at radius 1 is 1.41 bits per heavy atom. The fourth-order valence-electron chi connectivity index (χ4n) is 2.46. The summed E-state index contributed by atoms with van der Waals surface area (Å²) in [5, 5.41) is 0. The van der Waals surface area contributed by atoms with Crippen molar-refractivity contribution in [2.45, 2.75) is 38.8 Å². The van der Waals surface area contributed by atoms with E-state index >= 15 is 0 Å². The van der Waals surface area contributed by atoms with Crippen molar-refractivity contribution < 1.29 is 4.74 Å². The third-order valence-electron chi connectivity index (χ3n) is 3.51. The Morgan fingerprint density at radius 2 is 2.35 bits per heavy atom. The number of aromatic nitrogens is 2. The van der Waals surface area contributed by atoms with Crippen molar-refractivity contribution in [2.75, 3.05) is 6.61 Å². The zero-order valence-electron chi connectivity index (χ0n) is 10.2. The number of rotatable bonds is 2. The molecular formula is C14H18N2O. The molecule has 3 rings (SSSR count). The lowest BCUT2D eigenvalue weighted by Gasteiger charge is -2.24. The van der Waals surface area contributed by atoms with E-state index in [1.807, 2.05) is 6.33 Å². The molecule has 1 atom stereocenters. The summed E-state index contributed by atoms with van der Waals surface area (Å²) in [7, 11) is 0. The van der Waals surface area contributed by atoms with Crippen molar-refractivity contribution in [1.29, 1.82) is 0 Å². The Kier molecular flexibility index (Phi) is 2.85. The van der Waals surface area contributed by atoms with Gasteiger partial charge in [0.1, 0.15) is 6.23 Å². The van der Waals surface area contributed by atoms with Crippen molar-refractivity contribution in [1.82, 2.24) is 9.55 Å². The van der Waals surface area contributed by atoms with E-state index in [2.05, 4.69) is 34.7 Å². The second kappa shape index (κ2) is 4.49. The summed E-state index contributed by atoms with van der Waals surface area (Å²) >= 11 is 0. The first-order valence-corrected chi connectivity index (χ1v) is 6.45. The van der Waals surface area contributed by atoms with Gasteiger partial charge >= 0.3 is 0 Å². The van der Waals surface area contributed by atoms with Crippen LogP contribution >= 0.6 is 0 Å². The molecule has 2 heterocycles. The standard InChI is InChI=1S/C14H18N2O/c1-2-11-6-7-12-13(9-11)16(10-15-12)14-5-3-4-8-17-14/h6-7,9-10,14H,2-5,8H2,1H3. The molecule has 0 amide bonds. The molecule has 1 aliphatic rings. The Balaban J connectivity index is 2.02. The van der Waals surface area contributed by atoms with E-state index in [1.165, 1.54) is 23.9 Å². The van der Waals surface area contributed by atoms with Crippen molar-refractivity contribution >= 4 is 11.0 Å². The van der Waals surface area contributed by atoms with Gasteiger partial charge in [-0.1, -0.05) is 13.0 Å². The van der Waals surface area contributed by atoms with E-state index in [4.69, 9.17) is 4.74 Å². The molecule has 0 spiro atoms. The molecule has 3 nitrogen and oxygen atoms in total. The molecule has 1 unspecified atom stereocenters. The van der Waals surface area contributed by atoms with E-state index in [1.54, 1.807) is 0 Å². The van der Waals surface area contributed by atoms with E-state index in [0.29, 0.717) is 0 Å². The first kappa shape index (κ1) is 10.8. The van der Waals surface area contributed by atoms with Gasteiger partial charge in [-0.15, -0.1) is 0 Å². The largest absolute Gasteiger partial charge is 0.358 e. The van der Waals surface area contributed by atoms with Crippen LogP contribution in [-0.2, 0) is 11.2 Å². The predicted octanol–water partition coefficient (Wildman–Crippen LogP) is 3.30. The van der Waals surface area contributed by atoms with Crippen LogP contribution in [0.4, 0.5) is 0 Å². The molecule has 1 aromatic heterocycles. The van der Waals surface area contributed by atoms with Crippen molar-refractivity contribution in [3.63, 3.8) is 0 Å². The summed E-state index contributed by atoms with van der Waals surface area (Å²) < 4.78 is 8.02. The molecular weight excluding hydrogens is 212 g/mol. The number of aryl methyl sites for hydroxylation is 1. The number of fused-ring (bicyclic) bond motifs is 1. The van der Waals surface area contributed by atoms with Gasteiger partial charge in [0, 0.05) is 6.61 Å². The molecule has 1 aromatic carbocycles. The van der Waals surface area contributed by atoms with Crippen LogP contribution in [0, 0.1) is 0 Å². The monoisotopic (exact) mass is 230 g/mol. The number of imidazole rings is 1. The molecule has 1 saturated heterocycles. The normalized spacial score (nSPS) is 20.9. The maximum Gasteiger partial charge on any atom is 0.135 e. The van der Waals surface area contributed by atoms with Gasteiger partial charge in [0.05, 0.1) is 17.4 Å². The minimum atomic E-state index is 0.181. The van der Waals surface area contributed by atoms with Gasteiger partial charge in [0.2, 0.25) is 0 Å². The van der Waals surface area contributed by atoms with Crippen LogP contribution in [0.25, 0.3) is 11.0 Å². The van der Waals surface area contributed by atoms with Crippen molar-refractivity contribution in [3.05, 3.63) is 30.1 Å². The van der Waals surface area contributed by atoms with E-state index in [-0.39, 0.29) is 6.23 Å². The van der Waals surface area contributed by atoms with Crippen molar-refractivity contribution in [2.24, 2.45) is 0 Å². The molecule has 1 aliphatic heterocycles. The fraction of sp³-hybridized carbons (Fsp3) is 0.500. The summed E-state index contributed by atoms with van der Waals surface area (Å²) in [4.78, 5) is 4.45. The topological polar surface area (TPSA) is 27.1 Å². The summed E-state index contributed by atoms with van der Waals surface area (Å²) in [5.41, 5.74) is 3.63. The third kappa shape index (κ3) is 1.95. The number of hydrogen-bond acceptors (Lipinski definition) is 2. The van der Waals surface area contributed by atoms with Crippen LogP contribution < -0.4 is 0 Å². The maximum atomic E-state index is 5.83. The number of ether oxygens (including phenoxy) is 1. The van der Waals surface area contributed by atoms with E-state index in [9.17, 15) is 0 Å². The lowest BCUT2D eigenvalue weighted by atomic mass is 10.1. The average Bonchev–Trinajstić information content (AvgIpc) is 2.82. The second-order valence-electron chi connectivity index (χ2n) is 4.65. The summed E-state index contributed by atoms with van der Waals surface area (Å²) in [6.45, 7) is 3.05. The van der Waals surface area contributed by atoms with Gasteiger partial charge in [0.25, 0.3) is 0 Å². The van der Waals surface area contributed by atoms with Crippen molar-refractivity contribution in [3.8, 4) is 0 Å². The SMILES string of the molecule is CCc1ccc2ncn(C3CCCCO3)c2c1. The number of hydrogen-bond donors (Lipinski definition) is 0. The van der Waals surface area contributed by atoms with E-state index < -0.39 is 0 Å². The predicted molar refractivity (Wildman–Crippen MR) is 68.0 cm³/mol. The Labute approximate surface area is 101 Å². The average molecular weight is 230 g/mol. The smallest absolute Gasteiger partial charge is 0.135 e.